The van der Waals surface area contributed by atoms with Gasteiger partial charge in [0, 0.05) is 19.7 Å². The van der Waals surface area contributed by atoms with E-state index in [0.717, 1.165) is 35.4 Å². The van der Waals surface area contributed by atoms with Crippen molar-refractivity contribution in [1.82, 2.24) is 15.3 Å². The third-order valence-electron chi connectivity index (χ3n) is 4.60. The predicted molar refractivity (Wildman–Crippen MR) is 96.3 cm³/mol. The molecule has 7 heteroatoms. The molecule has 0 bridgehead atoms. The standard InChI is InChI=1S/C17H24N4O2S/c1-17(2,6-8-22)10-18-15(23)13-4-3-7-21(13)14-12-5-9-24-16(12)20-11-19-14/h5,9,11,13,22H,3-4,6-8,10H2,1-2H3,(H,18,23). The molecule has 1 atom stereocenters. The molecule has 0 aromatic carbocycles. The predicted octanol–water partition coefficient (Wildman–Crippen LogP) is 2.18. The van der Waals surface area contributed by atoms with Crippen LogP contribution < -0.4 is 10.2 Å². The van der Waals surface area contributed by atoms with Crippen molar-refractivity contribution < 1.29 is 9.90 Å². The van der Waals surface area contributed by atoms with E-state index in [9.17, 15) is 4.79 Å². The van der Waals surface area contributed by atoms with Gasteiger partial charge in [-0.3, -0.25) is 4.79 Å². The molecule has 1 aliphatic rings. The molecule has 1 aliphatic heterocycles. The Morgan fingerprint density at radius 2 is 2.33 bits per heavy atom. The van der Waals surface area contributed by atoms with E-state index in [4.69, 9.17) is 5.11 Å². The van der Waals surface area contributed by atoms with Crippen LogP contribution in [0.25, 0.3) is 10.2 Å². The molecule has 3 rings (SSSR count). The van der Waals surface area contributed by atoms with Gasteiger partial charge < -0.3 is 15.3 Å². The molecule has 0 spiro atoms. The van der Waals surface area contributed by atoms with Crippen LogP contribution in [0.15, 0.2) is 17.8 Å². The zero-order chi connectivity index (χ0) is 17.2. The largest absolute Gasteiger partial charge is 0.396 e. The maximum absolute atomic E-state index is 12.7. The third-order valence-corrected chi connectivity index (χ3v) is 5.42. The summed E-state index contributed by atoms with van der Waals surface area (Å²) in [5, 5.41) is 15.2. The molecular formula is C17H24N4O2S. The maximum atomic E-state index is 12.7. The van der Waals surface area contributed by atoms with Gasteiger partial charge in [0.15, 0.2) is 0 Å². The molecule has 6 nitrogen and oxygen atoms in total. The monoisotopic (exact) mass is 348 g/mol. The van der Waals surface area contributed by atoms with E-state index in [1.54, 1.807) is 17.7 Å². The fourth-order valence-electron chi connectivity index (χ4n) is 3.13. The molecule has 2 aromatic rings. The molecule has 0 aliphatic carbocycles. The number of thiophene rings is 1. The van der Waals surface area contributed by atoms with Crippen LogP contribution in [0.2, 0.25) is 0 Å². The molecule has 2 N–H and O–H groups in total. The van der Waals surface area contributed by atoms with Crippen LogP contribution in [-0.4, -0.2) is 46.7 Å². The molecule has 3 heterocycles. The lowest BCUT2D eigenvalue weighted by Gasteiger charge is -2.28. The van der Waals surface area contributed by atoms with Gasteiger partial charge >= 0.3 is 0 Å². The number of amides is 1. The van der Waals surface area contributed by atoms with E-state index < -0.39 is 0 Å². The van der Waals surface area contributed by atoms with E-state index in [2.05, 4.69) is 34.0 Å². The van der Waals surface area contributed by atoms with Gasteiger partial charge in [-0.1, -0.05) is 13.8 Å². The Morgan fingerprint density at radius 3 is 3.12 bits per heavy atom. The summed E-state index contributed by atoms with van der Waals surface area (Å²) in [6, 6.07) is 1.83. The van der Waals surface area contributed by atoms with Gasteiger partial charge in [0.2, 0.25) is 5.91 Å². The third kappa shape index (κ3) is 3.52. The zero-order valence-electron chi connectivity index (χ0n) is 14.2. The van der Waals surface area contributed by atoms with E-state index in [1.807, 2.05) is 11.4 Å². The van der Waals surface area contributed by atoms with Gasteiger partial charge in [-0.15, -0.1) is 11.3 Å². The van der Waals surface area contributed by atoms with Crippen molar-refractivity contribution in [3.8, 4) is 0 Å². The van der Waals surface area contributed by atoms with Gasteiger partial charge in [0.1, 0.15) is 23.0 Å². The molecular weight excluding hydrogens is 324 g/mol. The summed E-state index contributed by atoms with van der Waals surface area (Å²) in [5.74, 6) is 0.897. The normalized spacial score (nSPS) is 18.3. The first kappa shape index (κ1) is 17.1. The number of carbonyl (C=O) groups is 1. The number of fused-ring (bicyclic) bond motifs is 1. The number of hydrogen-bond donors (Lipinski definition) is 2. The van der Waals surface area contributed by atoms with Gasteiger partial charge in [-0.25, -0.2) is 9.97 Å². The minimum atomic E-state index is -0.187. The fraction of sp³-hybridized carbons (Fsp3) is 0.588. The second-order valence-corrected chi connectivity index (χ2v) is 7.94. The number of aliphatic hydroxyl groups excluding tert-OH is 1. The summed E-state index contributed by atoms with van der Waals surface area (Å²) in [5.41, 5.74) is -0.108. The highest BCUT2D eigenvalue weighted by molar-refractivity contribution is 7.16. The van der Waals surface area contributed by atoms with E-state index in [1.165, 1.54) is 0 Å². The Labute approximate surface area is 145 Å². The molecule has 1 amide bonds. The number of anilines is 1. The Bertz CT molecular complexity index is 715. The van der Waals surface area contributed by atoms with Crippen molar-refractivity contribution in [3.05, 3.63) is 17.8 Å². The van der Waals surface area contributed by atoms with Crippen LogP contribution >= 0.6 is 11.3 Å². The topological polar surface area (TPSA) is 78.4 Å². The maximum Gasteiger partial charge on any atom is 0.242 e. The van der Waals surface area contributed by atoms with Gasteiger partial charge in [0.05, 0.1) is 5.39 Å². The summed E-state index contributed by atoms with van der Waals surface area (Å²) >= 11 is 1.59. The quantitative estimate of drug-likeness (QED) is 0.837. The van der Waals surface area contributed by atoms with Gasteiger partial charge in [0.25, 0.3) is 0 Å². The Morgan fingerprint density at radius 1 is 1.50 bits per heavy atom. The zero-order valence-corrected chi connectivity index (χ0v) is 15.0. The van der Waals surface area contributed by atoms with Crippen LogP contribution in [0.5, 0.6) is 0 Å². The van der Waals surface area contributed by atoms with Crippen molar-refractivity contribution in [1.29, 1.82) is 0 Å². The molecule has 130 valence electrons. The van der Waals surface area contributed by atoms with E-state index in [0.29, 0.717) is 13.0 Å². The molecule has 1 saturated heterocycles. The first-order valence-corrected chi connectivity index (χ1v) is 9.23. The lowest BCUT2D eigenvalue weighted by atomic mass is 9.89. The summed E-state index contributed by atoms with van der Waals surface area (Å²) in [6.45, 7) is 5.63. The number of aliphatic hydroxyl groups is 1. The van der Waals surface area contributed by atoms with Gasteiger partial charge in [-0.2, -0.15) is 0 Å². The summed E-state index contributed by atoms with van der Waals surface area (Å²) < 4.78 is 0. The fourth-order valence-corrected chi connectivity index (χ4v) is 3.86. The van der Waals surface area contributed by atoms with E-state index >= 15 is 0 Å². The first-order valence-electron chi connectivity index (χ1n) is 8.35. The van der Waals surface area contributed by atoms with Crippen LogP contribution in [0.4, 0.5) is 5.82 Å². The Balaban J connectivity index is 1.74. The number of nitrogens with zero attached hydrogens (tertiary/aromatic N) is 3. The van der Waals surface area contributed by atoms with E-state index in [-0.39, 0.29) is 24.0 Å². The first-order chi connectivity index (χ1) is 11.5. The lowest BCUT2D eigenvalue weighted by molar-refractivity contribution is -0.122. The average molecular weight is 348 g/mol. The summed E-state index contributed by atoms with van der Waals surface area (Å²) in [4.78, 5) is 24.5. The second-order valence-electron chi connectivity index (χ2n) is 7.04. The number of nitrogens with one attached hydrogen (secondary N) is 1. The van der Waals surface area contributed by atoms with Crippen molar-refractivity contribution >= 4 is 33.3 Å². The molecule has 2 aromatic heterocycles. The van der Waals surface area contributed by atoms with Crippen molar-refractivity contribution in [2.24, 2.45) is 5.41 Å². The highest BCUT2D eigenvalue weighted by Gasteiger charge is 2.33. The Hall–Kier alpha value is -1.73. The number of aromatic nitrogens is 2. The minimum absolute atomic E-state index is 0.0421. The van der Waals surface area contributed by atoms with Crippen molar-refractivity contribution in [2.75, 3.05) is 24.6 Å². The summed E-state index contributed by atoms with van der Waals surface area (Å²) in [6.07, 6.45) is 4.06. The number of rotatable bonds is 6. The van der Waals surface area contributed by atoms with Crippen LogP contribution in [0.3, 0.4) is 0 Å². The van der Waals surface area contributed by atoms with Crippen molar-refractivity contribution in [2.45, 2.75) is 39.2 Å². The molecule has 1 unspecified atom stereocenters. The number of carbonyl (C=O) groups excluding carboxylic acids is 1. The highest BCUT2D eigenvalue weighted by atomic mass is 32.1. The van der Waals surface area contributed by atoms with Crippen LogP contribution in [-0.2, 0) is 4.79 Å². The number of hydrogen-bond acceptors (Lipinski definition) is 6. The van der Waals surface area contributed by atoms with Crippen LogP contribution in [0.1, 0.15) is 33.1 Å². The smallest absolute Gasteiger partial charge is 0.242 e. The minimum Gasteiger partial charge on any atom is -0.396 e. The highest BCUT2D eigenvalue weighted by Crippen LogP contribution is 2.31. The lowest BCUT2D eigenvalue weighted by Crippen LogP contribution is -2.46. The molecule has 1 fully saturated rings. The average Bonchev–Trinajstić information content (AvgIpc) is 3.21. The van der Waals surface area contributed by atoms with Crippen LogP contribution in [0, 0.1) is 5.41 Å². The molecule has 24 heavy (non-hydrogen) atoms. The molecule has 0 radical (unpaired) electrons. The molecule has 0 saturated carbocycles. The summed E-state index contributed by atoms with van der Waals surface area (Å²) in [7, 11) is 0. The SMILES string of the molecule is CC(C)(CCO)CNC(=O)C1CCCN1c1ncnc2sccc12. The van der Waals surface area contributed by atoms with Crippen molar-refractivity contribution in [3.63, 3.8) is 0 Å². The van der Waals surface area contributed by atoms with Gasteiger partial charge in [-0.05, 0) is 36.1 Å². The Kier molecular flexibility index (Phi) is 5.01. The second kappa shape index (κ2) is 7.03.